The largest absolute Gasteiger partial charge is 0.341 e. The molecule has 0 amide bonds. The minimum Gasteiger partial charge on any atom is -0.339 e. The minimum atomic E-state index is -1.70. The van der Waals surface area contributed by atoms with Gasteiger partial charge in [-0.05, 0) is 23.7 Å². The molecule has 1 aromatic carbocycles. The minimum absolute atomic E-state index is 0.210. The van der Waals surface area contributed by atoms with Crippen molar-refractivity contribution in [1.82, 2.24) is 0 Å². The fourth-order valence-corrected chi connectivity index (χ4v) is 1.77. The van der Waals surface area contributed by atoms with Gasteiger partial charge in [0.1, 0.15) is 13.2 Å². The summed E-state index contributed by atoms with van der Waals surface area (Å²) in [7, 11) is 0. The molecule has 0 aromatic heterocycles. The van der Waals surface area contributed by atoms with Gasteiger partial charge < -0.3 is 9.47 Å². The van der Waals surface area contributed by atoms with E-state index in [2.05, 4.69) is 0 Å². The van der Waals surface area contributed by atoms with E-state index in [-0.39, 0.29) is 13.2 Å². The van der Waals surface area contributed by atoms with Crippen LogP contribution in [0.3, 0.4) is 0 Å². The second-order valence-electron chi connectivity index (χ2n) is 3.68. The molecule has 0 spiro atoms. The molecule has 2 rings (SSSR count). The van der Waals surface area contributed by atoms with Crippen molar-refractivity contribution >= 4 is 23.2 Å². The average Bonchev–Trinajstić information content (AvgIpc) is 2.30. The third-order valence-electron chi connectivity index (χ3n) is 2.36. The highest BCUT2D eigenvalue weighted by Crippen LogP contribution is 2.31. The second-order valence-corrected chi connectivity index (χ2v) is 4.82. The average molecular weight is 278 g/mol. The Morgan fingerprint density at radius 2 is 2.06 bits per heavy atom. The molecule has 1 aliphatic rings. The first kappa shape index (κ1) is 12.6. The molecule has 0 N–H and O–H groups in total. The van der Waals surface area contributed by atoms with E-state index in [1.54, 1.807) is 24.3 Å². The molecule has 1 aromatic rings. The van der Waals surface area contributed by atoms with E-state index in [0.29, 0.717) is 10.6 Å². The van der Waals surface area contributed by atoms with E-state index in [4.69, 9.17) is 32.7 Å². The summed E-state index contributed by atoms with van der Waals surface area (Å²) in [6, 6.07) is 6.92. The summed E-state index contributed by atoms with van der Waals surface area (Å²) in [5.74, 6) is 0. The fraction of sp³-hybridized carbons (Fsp3) is 0.400. The summed E-state index contributed by atoms with van der Waals surface area (Å²) < 4.78 is 10.5. The molecule has 0 bridgehead atoms. The van der Waals surface area contributed by atoms with Crippen LogP contribution in [0.5, 0.6) is 0 Å². The zero-order valence-electron chi connectivity index (χ0n) is 8.64. The number of nitrogens with zero attached hydrogens (tertiary/aromatic N) is 1. The molecule has 0 unspecified atom stereocenters. The maximum atomic E-state index is 10.7. The van der Waals surface area contributed by atoms with Gasteiger partial charge in [0.2, 0.25) is 0 Å². The van der Waals surface area contributed by atoms with E-state index < -0.39 is 16.2 Å². The molecule has 1 aliphatic heterocycles. The van der Waals surface area contributed by atoms with E-state index >= 15 is 0 Å². The van der Waals surface area contributed by atoms with Gasteiger partial charge in [0.15, 0.2) is 6.29 Å². The highest BCUT2D eigenvalue weighted by Gasteiger charge is 2.46. The quantitative estimate of drug-likeness (QED) is 0.361. The lowest BCUT2D eigenvalue weighted by Crippen LogP contribution is -2.46. The van der Waals surface area contributed by atoms with Gasteiger partial charge in [0.05, 0.1) is 0 Å². The maximum absolute atomic E-state index is 10.7. The Balaban J connectivity index is 2.07. The Morgan fingerprint density at radius 3 is 2.59 bits per heavy atom. The van der Waals surface area contributed by atoms with Crippen LogP contribution in [-0.4, -0.2) is 23.1 Å². The van der Waals surface area contributed by atoms with Crippen molar-refractivity contribution < 1.29 is 14.4 Å². The van der Waals surface area contributed by atoms with Crippen molar-refractivity contribution in [3.05, 3.63) is 45.0 Å². The Hall–Kier alpha value is -0.880. The molecule has 5 nitrogen and oxygen atoms in total. The van der Waals surface area contributed by atoms with Crippen molar-refractivity contribution in [3.8, 4) is 0 Å². The highest BCUT2D eigenvalue weighted by molar-refractivity contribution is 6.30. The lowest BCUT2D eigenvalue weighted by atomic mass is 10.2. The van der Waals surface area contributed by atoms with E-state index in [1.165, 1.54) is 0 Å². The first-order chi connectivity index (χ1) is 8.01. The van der Waals surface area contributed by atoms with E-state index in [9.17, 15) is 10.1 Å². The second kappa shape index (κ2) is 4.78. The Morgan fingerprint density at radius 1 is 1.41 bits per heavy atom. The first-order valence-electron chi connectivity index (χ1n) is 4.83. The van der Waals surface area contributed by atoms with Crippen molar-refractivity contribution in [2.24, 2.45) is 0 Å². The fourth-order valence-electron chi connectivity index (χ4n) is 1.45. The van der Waals surface area contributed by atoms with Gasteiger partial charge in [-0.1, -0.05) is 23.7 Å². The maximum Gasteiger partial charge on any atom is 0.341 e. The van der Waals surface area contributed by atoms with E-state index in [1.807, 2.05) is 0 Å². The molecule has 0 radical (unpaired) electrons. The number of rotatable bonds is 2. The molecule has 7 heteroatoms. The van der Waals surface area contributed by atoms with Crippen LogP contribution in [0.25, 0.3) is 0 Å². The number of hydrogen-bond donors (Lipinski definition) is 0. The van der Waals surface area contributed by atoms with Crippen molar-refractivity contribution in [3.63, 3.8) is 0 Å². The van der Waals surface area contributed by atoms with Gasteiger partial charge in [-0.3, -0.25) is 10.1 Å². The number of benzene rings is 1. The third-order valence-corrected chi connectivity index (χ3v) is 2.95. The SMILES string of the molecule is O=[N+]([O-])C1(Cl)COC(c2cccc(Cl)c2)OC1. The molecule has 17 heavy (non-hydrogen) atoms. The van der Waals surface area contributed by atoms with Crippen LogP contribution in [0.2, 0.25) is 5.02 Å². The van der Waals surface area contributed by atoms with Crippen LogP contribution < -0.4 is 0 Å². The van der Waals surface area contributed by atoms with Crippen molar-refractivity contribution in [2.75, 3.05) is 13.2 Å². The van der Waals surface area contributed by atoms with Gasteiger partial charge in [0.25, 0.3) is 0 Å². The van der Waals surface area contributed by atoms with Gasteiger partial charge in [-0.25, -0.2) is 0 Å². The number of halogens is 2. The van der Waals surface area contributed by atoms with Gasteiger partial charge in [-0.15, -0.1) is 0 Å². The molecule has 0 atom stereocenters. The Kier molecular flexibility index (Phi) is 3.53. The molecular weight excluding hydrogens is 269 g/mol. The number of ether oxygens (including phenoxy) is 2. The topological polar surface area (TPSA) is 61.6 Å². The zero-order valence-corrected chi connectivity index (χ0v) is 10.1. The number of nitro groups is 1. The summed E-state index contributed by atoms with van der Waals surface area (Å²) in [6.07, 6.45) is -0.666. The van der Waals surface area contributed by atoms with Gasteiger partial charge in [0, 0.05) is 15.5 Å². The predicted octanol–water partition coefficient (Wildman–Crippen LogP) is 2.60. The van der Waals surface area contributed by atoms with Crippen LogP contribution >= 0.6 is 23.2 Å². The summed E-state index contributed by atoms with van der Waals surface area (Å²) >= 11 is 11.5. The first-order valence-corrected chi connectivity index (χ1v) is 5.59. The molecule has 0 saturated carbocycles. The normalized spacial score (nSPS) is 28.9. The molecule has 92 valence electrons. The smallest absolute Gasteiger partial charge is 0.339 e. The van der Waals surface area contributed by atoms with Crippen LogP contribution in [0.4, 0.5) is 0 Å². The summed E-state index contributed by atoms with van der Waals surface area (Å²) in [4.78, 5) is 8.36. The van der Waals surface area contributed by atoms with Crippen LogP contribution in [0.1, 0.15) is 11.9 Å². The summed E-state index contributed by atoms with van der Waals surface area (Å²) in [5, 5.41) is 11.2. The monoisotopic (exact) mass is 277 g/mol. The third kappa shape index (κ3) is 2.69. The lowest BCUT2D eigenvalue weighted by Gasteiger charge is -2.29. The lowest BCUT2D eigenvalue weighted by molar-refractivity contribution is -0.563. The molecule has 0 aliphatic carbocycles. The molecule has 1 saturated heterocycles. The summed E-state index contributed by atoms with van der Waals surface area (Å²) in [5.41, 5.74) is 0.708. The number of hydrogen-bond acceptors (Lipinski definition) is 4. The molecule has 1 fully saturated rings. The zero-order chi connectivity index (χ0) is 12.5. The molecule has 1 heterocycles. The van der Waals surface area contributed by atoms with Crippen LogP contribution in [0, 0.1) is 10.1 Å². The van der Waals surface area contributed by atoms with Gasteiger partial charge in [-0.2, -0.15) is 0 Å². The van der Waals surface area contributed by atoms with E-state index in [0.717, 1.165) is 0 Å². The Labute approximate surface area is 107 Å². The molecular formula is C10H9Cl2NO4. The Bertz CT molecular complexity index is 432. The number of alkyl halides is 1. The summed E-state index contributed by atoms with van der Waals surface area (Å²) in [6.45, 7) is -0.419. The standard InChI is InChI=1S/C10H9Cl2NO4/c11-8-3-1-2-7(4-8)9-16-5-10(12,6-17-9)13(14)15/h1-4,9H,5-6H2. The highest BCUT2D eigenvalue weighted by atomic mass is 35.5. The van der Waals surface area contributed by atoms with Gasteiger partial charge >= 0.3 is 5.00 Å². The van der Waals surface area contributed by atoms with Crippen molar-refractivity contribution in [2.45, 2.75) is 11.3 Å². The van der Waals surface area contributed by atoms with Crippen LogP contribution in [0.15, 0.2) is 24.3 Å². The predicted molar refractivity (Wildman–Crippen MR) is 61.7 cm³/mol. The van der Waals surface area contributed by atoms with Crippen LogP contribution in [-0.2, 0) is 9.47 Å². The van der Waals surface area contributed by atoms with Crippen molar-refractivity contribution in [1.29, 1.82) is 0 Å².